The van der Waals surface area contributed by atoms with E-state index in [1.807, 2.05) is 4.90 Å². The van der Waals surface area contributed by atoms with Crippen LogP contribution in [0.5, 0.6) is 0 Å². The van der Waals surface area contributed by atoms with Crippen LogP contribution < -0.4 is 5.32 Å². The Morgan fingerprint density at radius 3 is 1.45 bits per heavy atom. The van der Waals surface area contributed by atoms with Crippen LogP contribution in [-0.2, 0) is 19.2 Å². The average molecular weight is 539 g/mol. The van der Waals surface area contributed by atoms with E-state index in [1.54, 1.807) is 6.92 Å². The summed E-state index contributed by atoms with van der Waals surface area (Å²) in [6.45, 7) is 2.90. The van der Waals surface area contributed by atoms with E-state index in [0.717, 1.165) is 32.1 Å². The van der Waals surface area contributed by atoms with Gasteiger partial charge in [-0.1, -0.05) is 96.8 Å². The van der Waals surface area contributed by atoms with E-state index in [-0.39, 0.29) is 17.7 Å². The van der Waals surface area contributed by atoms with E-state index < -0.39 is 18.0 Å². The van der Waals surface area contributed by atoms with Crippen LogP contribution in [-0.4, -0.2) is 58.0 Å². The predicted octanol–water partition coefficient (Wildman–Crippen LogP) is 6.31. The van der Waals surface area contributed by atoms with Crippen molar-refractivity contribution < 1.29 is 29.4 Å². The summed E-state index contributed by atoms with van der Waals surface area (Å²) in [5.41, 5.74) is 0. The van der Waals surface area contributed by atoms with Crippen LogP contribution in [0.2, 0.25) is 0 Å². The summed E-state index contributed by atoms with van der Waals surface area (Å²) in [4.78, 5) is 48.3. The first kappa shape index (κ1) is 33.9. The van der Waals surface area contributed by atoms with Gasteiger partial charge in [0.2, 0.25) is 11.8 Å². The molecular formula is C30H54N2O6. The number of hydrogen-bond donors (Lipinski definition) is 3. The third-order valence-corrected chi connectivity index (χ3v) is 7.77. The minimum absolute atomic E-state index is 0.180. The first-order valence-electron chi connectivity index (χ1n) is 15.4. The average Bonchev–Trinajstić information content (AvgIpc) is 2.90. The number of aliphatic carboxylic acids is 2. The molecule has 220 valence electrons. The van der Waals surface area contributed by atoms with Crippen LogP contribution in [0.15, 0.2) is 0 Å². The van der Waals surface area contributed by atoms with Crippen molar-refractivity contribution >= 4 is 23.8 Å². The lowest BCUT2D eigenvalue weighted by atomic mass is 9.95. The number of likely N-dealkylation sites (tertiary alicyclic amines) is 1. The molecule has 8 nitrogen and oxygen atoms in total. The Balaban J connectivity index is 1.90. The molecule has 1 atom stereocenters. The molecule has 1 fully saturated rings. The van der Waals surface area contributed by atoms with Gasteiger partial charge in [-0.2, -0.15) is 0 Å². The number of nitrogens with one attached hydrogen (secondary N) is 1. The van der Waals surface area contributed by atoms with Crippen LogP contribution in [0.1, 0.15) is 142 Å². The number of carbonyl (C=O) groups is 4. The third kappa shape index (κ3) is 16.7. The summed E-state index contributed by atoms with van der Waals surface area (Å²) in [6.07, 6.45) is 21.6. The van der Waals surface area contributed by atoms with Crippen molar-refractivity contribution in [3.63, 3.8) is 0 Å². The molecule has 0 aromatic carbocycles. The van der Waals surface area contributed by atoms with Gasteiger partial charge in [-0.3, -0.25) is 14.4 Å². The fourth-order valence-corrected chi connectivity index (χ4v) is 5.20. The second-order valence-corrected chi connectivity index (χ2v) is 11.0. The second-order valence-electron chi connectivity index (χ2n) is 11.0. The first-order chi connectivity index (χ1) is 18.3. The molecule has 0 saturated carbocycles. The van der Waals surface area contributed by atoms with Gasteiger partial charge in [-0.25, -0.2) is 4.79 Å². The van der Waals surface area contributed by atoms with Crippen molar-refractivity contribution in [3.05, 3.63) is 0 Å². The molecule has 8 heteroatoms. The largest absolute Gasteiger partial charge is 0.481 e. The zero-order chi connectivity index (χ0) is 28.0. The minimum Gasteiger partial charge on any atom is -0.481 e. The lowest BCUT2D eigenvalue weighted by molar-refractivity contribution is -0.143. The normalized spacial score (nSPS) is 14.8. The Bertz CT molecular complexity index is 676. The van der Waals surface area contributed by atoms with Gasteiger partial charge in [0.15, 0.2) is 0 Å². The fraction of sp³-hybridized carbons (Fsp3) is 0.867. The first-order valence-corrected chi connectivity index (χ1v) is 15.4. The number of carboxylic acid groups (broad SMARTS) is 2. The molecule has 38 heavy (non-hydrogen) atoms. The molecule has 0 aromatic heterocycles. The Morgan fingerprint density at radius 2 is 1.08 bits per heavy atom. The SMILES string of the molecule is CC[C@@H](NC(=O)C1CCN(C(=O)CCCCCCCCCCCCCCCCCCC(=O)O)CC1)C(=O)O. The number of carbonyl (C=O) groups excluding carboxylic acids is 2. The highest BCUT2D eigenvalue weighted by molar-refractivity contribution is 5.85. The fourth-order valence-electron chi connectivity index (χ4n) is 5.20. The van der Waals surface area contributed by atoms with Gasteiger partial charge < -0.3 is 20.4 Å². The van der Waals surface area contributed by atoms with Crippen LogP contribution in [0.25, 0.3) is 0 Å². The Kier molecular flexibility index (Phi) is 19.4. The Hall–Kier alpha value is -2.12. The molecule has 0 bridgehead atoms. The second kappa shape index (κ2) is 21.8. The summed E-state index contributed by atoms with van der Waals surface area (Å²) in [5.74, 6) is -1.92. The van der Waals surface area contributed by atoms with E-state index >= 15 is 0 Å². The molecule has 1 rings (SSSR count). The number of piperidine rings is 1. The zero-order valence-corrected chi connectivity index (χ0v) is 23.9. The third-order valence-electron chi connectivity index (χ3n) is 7.77. The van der Waals surface area contributed by atoms with Crippen molar-refractivity contribution in [2.75, 3.05) is 13.1 Å². The summed E-state index contributed by atoms with van der Waals surface area (Å²) in [5, 5.41) is 20.3. The summed E-state index contributed by atoms with van der Waals surface area (Å²) < 4.78 is 0. The van der Waals surface area contributed by atoms with E-state index in [9.17, 15) is 19.2 Å². The quantitative estimate of drug-likeness (QED) is 0.131. The van der Waals surface area contributed by atoms with E-state index in [2.05, 4.69) is 5.32 Å². The number of nitrogens with zero attached hydrogens (tertiary/aromatic N) is 1. The number of unbranched alkanes of at least 4 members (excludes halogenated alkanes) is 15. The van der Waals surface area contributed by atoms with Gasteiger partial charge in [-0.05, 0) is 32.1 Å². The van der Waals surface area contributed by atoms with Gasteiger partial charge in [0, 0.05) is 31.8 Å². The van der Waals surface area contributed by atoms with Crippen LogP contribution in [0.4, 0.5) is 0 Å². The number of amides is 2. The molecule has 0 aromatic rings. The van der Waals surface area contributed by atoms with Gasteiger partial charge in [0.05, 0.1) is 0 Å². The number of carboxylic acids is 2. The maximum atomic E-state index is 12.5. The highest BCUT2D eigenvalue weighted by Crippen LogP contribution is 2.20. The molecule has 1 heterocycles. The lowest BCUT2D eigenvalue weighted by Crippen LogP contribution is -2.47. The van der Waals surface area contributed by atoms with Crippen molar-refractivity contribution in [1.82, 2.24) is 10.2 Å². The minimum atomic E-state index is -1.00. The van der Waals surface area contributed by atoms with Gasteiger partial charge in [0.25, 0.3) is 0 Å². The van der Waals surface area contributed by atoms with Crippen LogP contribution in [0.3, 0.4) is 0 Å². The van der Waals surface area contributed by atoms with Gasteiger partial charge in [0.1, 0.15) is 6.04 Å². The van der Waals surface area contributed by atoms with E-state index in [4.69, 9.17) is 10.2 Å². The molecule has 1 aliphatic rings. The van der Waals surface area contributed by atoms with Crippen molar-refractivity contribution in [2.45, 2.75) is 148 Å². The lowest BCUT2D eigenvalue weighted by Gasteiger charge is -2.32. The van der Waals surface area contributed by atoms with Crippen LogP contribution >= 0.6 is 0 Å². The summed E-state index contributed by atoms with van der Waals surface area (Å²) in [6, 6.07) is -0.835. The standard InChI is InChI=1S/C30H54N2O6/c1-2-26(30(37)38)31-29(36)25-21-23-32(24-22-25)27(33)19-17-15-13-11-9-7-5-3-4-6-8-10-12-14-16-18-20-28(34)35/h25-26H,2-24H2,1H3,(H,31,36)(H,34,35)(H,37,38)/t26-/m1/s1. The maximum Gasteiger partial charge on any atom is 0.326 e. The molecule has 2 amide bonds. The highest BCUT2D eigenvalue weighted by Gasteiger charge is 2.29. The smallest absolute Gasteiger partial charge is 0.326 e. The van der Waals surface area contributed by atoms with Crippen LogP contribution in [0, 0.1) is 5.92 Å². The predicted molar refractivity (Wildman–Crippen MR) is 150 cm³/mol. The Morgan fingerprint density at radius 1 is 0.684 bits per heavy atom. The Labute approximate surface area is 230 Å². The van der Waals surface area contributed by atoms with Crippen molar-refractivity contribution in [3.8, 4) is 0 Å². The monoisotopic (exact) mass is 538 g/mol. The number of hydrogen-bond acceptors (Lipinski definition) is 4. The van der Waals surface area contributed by atoms with E-state index in [1.165, 1.54) is 70.6 Å². The van der Waals surface area contributed by atoms with Gasteiger partial charge in [-0.15, -0.1) is 0 Å². The number of rotatable bonds is 23. The zero-order valence-electron chi connectivity index (χ0n) is 23.9. The molecular weight excluding hydrogens is 484 g/mol. The highest BCUT2D eigenvalue weighted by atomic mass is 16.4. The molecule has 1 aliphatic heterocycles. The van der Waals surface area contributed by atoms with Crippen molar-refractivity contribution in [2.24, 2.45) is 5.92 Å². The van der Waals surface area contributed by atoms with Crippen molar-refractivity contribution in [1.29, 1.82) is 0 Å². The van der Waals surface area contributed by atoms with Gasteiger partial charge >= 0.3 is 11.9 Å². The molecule has 0 radical (unpaired) electrons. The summed E-state index contributed by atoms with van der Waals surface area (Å²) >= 11 is 0. The summed E-state index contributed by atoms with van der Waals surface area (Å²) in [7, 11) is 0. The molecule has 0 unspecified atom stereocenters. The molecule has 0 aliphatic carbocycles. The molecule has 1 saturated heterocycles. The van der Waals surface area contributed by atoms with E-state index in [0.29, 0.717) is 45.2 Å². The maximum absolute atomic E-state index is 12.5. The molecule has 3 N–H and O–H groups in total. The molecule has 0 spiro atoms. The topological polar surface area (TPSA) is 124 Å².